The van der Waals surface area contributed by atoms with Crippen LogP contribution in [0.4, 0.5) is 0 Å². The summed E-state index contributed by atoms with van der Waals surface area (Å²) < 4.78 is 21.2. The van der Waals surface area contributed by atoms with E-state index in [1.54, 1.807) is 45.0 Å². The van der Waals surface area contributed by atoms with Gasteiger partial charge in [0.15, 0.2) is 0 Å². The van der Waals surface area contributed by atoms with Crippen LogP contribution < -0.4 is 9.47 Å². The van der Waals surface area contributed by atoms with Crippen LogP contribution in [0.1, 0.15) is 31.1 Å². The zero-order valence-electron chi connectivity index (χ0n) is 14.6. The van der Waals surface area contributed by atoms with Crippen molar-refractivity contribution < 1.29 is 28.5 Å². The molecule has 6 nitrogen and oxygen atoms in total. The van der Waals surface area contributed by atoms with Gasteiger partial charge in [-0.2, -0.15) is 0 Å². The number of hydrogen-bond donors (Lipinski definition) is 0. The van der Waals surface area contributed by atoms with Crippen LogP contribution in [0.25, 0.3) is 0 Å². The predicted molar refractivity (Wildman–Crippen MR) is 91.2 cm³/mol. The molecule has 1 heterocycles. The molecule has 0 saturated carbocycles. The van der Waals surface area contributed by atoms with E-state index >= 15 is 0 Å². The zero-order valence-corrected chi connectivity index (χ0v) is 14.6. The van der Waals surface area contributed by atoms with Crippen molar-refractivity contribution in [2.45, 2.75) is 26.6 Å². The molecule has 2 rings (SSSR count). The molecule has 0 atom stereocenters. The summed E-state index contributed by atoms with van der Waals surface area (Å²) in [6, 6.07) is 5.03. The number of ether oxygens (including phenoxy) is 4. The molecule has 0 unspecified atom stereocenters. The molecule has 0 fully saturated rings. The van der Waals surface area contributed by atoms with Crippen molar-refractivity contribution >= 4 is 11.9 Å². The fourth-order valence-corrected chi connectivity index (χ4v) is 2.19. The number of esters is 2. The standard InChI is InChI=1S/C19H20O6/c1-6-13(17(20)22-5)11-10-12(2)23-14-8-7-9-15-16(14)18(21)25-19(3,4)24-15/h6-11H,1H2,2-5H3/b12-10+,13-11+. The molecule has 0 aliphatic carbocycles. The molecule has 0 amide bonds. The quantitative estimate of drug-likeness (QED) is 0.352. The van der Waals surface area contributed by atoms with Crippen molar-refractivity contribution in [3.63, 3.8) is 0 Å². The third kappa shape index (κ3) is 4.29. The Hall–Kier alpha value is -3.02. The number of fused-ring (bicyclic) bond motifs is 1. The fraction of sp³-hybridized carbons (Fsp3) is 0.263. The van der Waals surface area contributed by atoms with E-state index in [1.807, 2.05) is 0 Å². The lowest BCUT2D eigenvalue weighted by Gasteiger charge is -2.32. The first-order chi connectivity index (χ1) is 11.8. The zero-order chi connectivity index (χ0) is 18.6. The van der Waals surface area contributed by atoms with Gasteiger partial charge in [-0.05, 0) is 31.2 Å². The number of hydrogen-bond acceptors (Lipinski definition) is 6. The van der Waals surface area contributed by atoms with Crippen molar-refractivity contribution in [1.29, 1.82) is 0 Å². The van der Waals surface area contributed by atoms with E-state index in [9.17, 15) is 9.59 Å². The van der Waals surface area contributed by atoms with Crippen LogP contribution in [-0.2, 0) is 14.3 Å². The summed E-state index contributed by atoms with van der Waals surface area (Å²) >= 11 is 0. The molecular weight excluding hydrogens is 324 g/mol. The summed E-state index contributed by atoms with van der Waals surface area (Å²) in [6.45, 7) is 8.55. The van der Waals surface area contributed by atoms with Crippen LogP contribution in [0.15, 0.2) is 54.3 Å². The Labute approximate surface area is 146 Å². The maximum Gasteiger partial charge on any atom is 0.349 e. The van der Waals surface area contributed by atoms with Crippen molar-refractivity contribution in [3.8, 4) is 11.5 Å². The van der Waals surface area contributed by atoms with E-state index in [1.165, 1.54) is 19.3 Å². The van der Waals surface area contributed by atoms with Gasteiger partial charge in [-0.15, -0.1) is 0 Å². The number of benzene rings is 1. The van der Waals surface area contributed by atoms with E-state index in [2.05, 4.69) is 11.3 Å². The van der Waals surface area contributed by atoms with E-state index < -0.39 is 17.7 Å². The number of cyclic esters (lactones) is 1. The van der Waals surface area contributed by atoms with Crippen LogP contribution in [-0.4, -0.2) is 24.8 Å². The van der Waals surface area contributed by atoms with Gasteiger partial charge in [0.1, 0.15) is 22.8 Å². The fourth-order valence-electron chi connectivity index (χ4n) is 2.19. The first-order valence-electron chi connectivity index (χ1n) is 7.60. The van der Waals surface area contributed by atoms with Gasteiger partial charge in [-0.1, -0.05) is 18.7 Å². The molecule has 132 valence electrons. The van der Waals surface area contributed by atoms with Crippen LogP contribution in [0.2, 0.25) is 0 Å². The number of allylic oxidation sites excluding steroid dienone is 3. The highest BCUT2D eigenvalue weighted by Gasteiger charge is 2.36. The molecule has 1 aromatic rings. The lowest BCUT2D eigenvalue weighted by atomic mass is 10.1. The van der Waals surface area contributed by atoms with Crippen LogP contribution >= 0.6 is 0 Å². The highest BCUT2D eigenvalue weighted by molar-refractivity contribution is 5.96. The molecule has 25 heavy (non-hydrogen) atoms. The molecule has 0 N–H and O–H groups in total. The molecule has 6 heteroatoms. The first-order valence-corrected chi connectivity index (χ1v) is 7.60. The van der Waals surface area contributed by atoms with Crippen molar-refractivity contribution in [3.05, 3.63) is 59.9 Å². The number of carbonyl (C=O) groups excluding carboxylic acids is 2. The highest BCUT2D eigenvalue weighted by Crippen LogP contribution is 2.37. The second kappa shape index (κ2) is 7.25. The molecule has 0 radical (unpaired) electrons. The Balaban J connectivity index is 2.28. The van der Waals surface area contributed by atoms with Crippen molar-refractivity contribution in [1.82, 2.24) is 0 Å². The largest absolute Gasteiger partial charge is 0.465 e. The summed E-state index contributed by atoms with van der Waals surface area (Å²) in [4.78, 5) is 23.8. The Morgan fingerprint density at radius 2 is 1.96 bits per heavy atom. The molecule has 1 aromatic carbocycles. The molecule has 0 saturated heterocycles. The average Bonchev–Trinajstić information content (AvgIpc) is 2.53. The highest BCUT2D eigenvalue weighted by atomic mass is 16.7. The monoisotopic (exact) mass is 344 g/mol. The van der Waals surface area contributed by atoms with Crippen molar-refractivity contribution in [2.75, 3.05) is 7.11 Å². The van der Waals surface area contributed by atoms with Gasteiger partial charge >= 0.3 is 11.9 Å². The third-order valence-corrected chi connectivity index (χ3v) is 3.30. The summed E-state index contributed by atoms with van der Waals surface area (Å²) in [5.74, 6) is -0.909. The molecular formula is C19H20O6. The SMILES string of the molecule is C=C/C(=C\C=C(/C)Oc1cccc2c1C(=O)OC(C)(C)O2)C(=O)OC. The lowest BCUT2D eigenvalue weighted by Crippen LogP contribution is -2.39. The van der Waals surface area contributed by atoms with E-state index in [0.717, 1.165) is 0 Å². The Bertz CT molecular complexity index is 770. The van der Waals surface area contributed by atoms with E-state index in [0.29, 0.717) is 17.3 Å². The Morgan fingerprint density at radius 3 is 2.60 bits per heavy atom. The minimum absolute atomic E-state index is 0.218. The summed E-state index contributed by atoms with van der Waals surface area (Å²) in [6.07, 6.45) is 4.47. The summed E-state index contributed by atoms with van der Waals surface area (Å²) in [5, 5.41) is 0. The number of rotatable bonds is 5. The Kier molecular flexibility index (Phi) is 5.32. The molecule has 0 spiro atoms. The van der Waals surface area contributed by atoms with E-state index in [4.69, 9.17) is 14.2 Å². The minimum Gasteiger partial charge on any atom is -0.465 e. The van der Waals surface area contributed by atoms with Gasteiger partial charge in [0, 0.05) is 13.8 Å². The minimum atomic E-state index is -1.03. The molecule has 0 aromatic heterocycles. The topological polar surface area (TPSA) is 71.1 Å². The van der Waals surface area contributed by atoms with Gasteiger partial charge in [0.05, 0.1) is 12.7 Å². The van der Waals surface area contributed by atoms with Gasteiger partial charge in [0.2, 0.25) is 5.79 Å². The average molecular weight is 344 g/mol. The maximum atomic E-state index is 12.3. The van der Waals surface area contributed by atoms with Crippen LogP contribution in [0.3, 0.4) is 0 Å². The molecule has 0 bridgehead atoms. The lowest BCUT2D eigenvalue weighted by molar-refractivity contribution is -0.135. The number of methoxy groups -OCH3 is 1. The summed E-state index contributed by atoms with van der Waals surface area (Å²) in [5.41, 5.74) is 0.500. The van der Waals surface area contributed by atoms with Gasteiger partial charge in [-0.25, -0.2) is 9.59 Å². The maximum absolute atomic E-state index is 12.3. The third-order valence-electron chi connectivity index (χ3n) is 3.30. The second-order valence-electron chi connectivity index (χ2n) is 5.72. The molecule has 1 aliphatic heterocycles. The van der Waals surface area contributed by atoms with Gasteiger partial charge < -0.3 is 18.9 Å². The molecule has 1 aliphatic rings. The first kappa shape index (κ1) is 18.3. The number of carbonyl (C=O) groups is 2. The second-order valence-corrected chi connectivity index (χ2v) is 5.72. The van der Waals surface area contributed by atoms with E-state index in [-0.39, 0.29) is 11.1 Å². The van der Waals surface area contributed by atoms with Gasteiger partial charge in [-0.3, -0.25) is 0 Å². The predicted octanol–water partition coefficient (Wildman–Crippen LogP) is 3.54. The van der Waals surface area contributed by atoms with Crippen LogP contribution in [0, 0.1) is 0 Å². The van der Waals surface area contributed by atoms with Crippen molar-refractivity contribution in [2.24, 2.45) is 0 Å². The van der Waals surface area contributed by atoms with Gasteiger partial charge in [0.25, 0.3) is 0 Å². The summed E-state index contributed by atoms with van der Waals surface area (Å²) in [7, 11) is 1.29. The van der Waals surface area contributed by atoms with Crippen LogP contribution in [0.5, 0.6) is 11.5 Å². The normalized spacial score (nSPS) is 16.2. The smallest absolute Gasteiger partial charge is 0.349 e. The Morgan fingerprint density at radius 1 is 1.24 bits per heavy atom.